The Labute approximate surface area is 143 Å². The van der Waals surface area contributed by atoms with Gasteiger partial charge in [-0.25, -0.2) is 4.98 Å². The summed E-state index contributed by atoms with van der Waals surface area (Å²) in [5.41, 5.74) is 3.35. The van der Waals surface area contributed by atoms with Crippen molar-refractivity contribution in [3.8, 4) is 40.1 Å². The Hall–Kier alpha value is -2.53. The van der Waals surface area contributed by atoms with Gasteiger partial charge < -0.3 is 0 Å². The van der Waals surface area contributed by atoms with Crippen LogP contribution in [0.15, 0.2) is 58.9 Å². The molecule has 2 aromatic heterocycles. The van der Waals surface area contributed by atoms with E-state index in [2.05, 4.69) is 17.0 Å². The minimum atomic E-state index is 0.490. The second-order valence-electron chi connectivity index (χ2n) is 4.68. The van der Waals surface area contributed by atoms with Gasteiger partial charge in [-0.1, -0.05) is 54.1 Å². The zero-order valence-electron chi connectivity index (χ0n) is 12.2. The van der Waals surface area contributed by atoms with E-state index >= 15 is 0 Å². The van der Waals surface area contributed by atoms with Gasteiger partial charge in [-0.3, -0.25) is 0 Å². The van der Waals surface area contributed by atoms with Gasteiger partial charge in [0.05, 0.1) is 21.9 Å². The lowest BCUT2D eigenvalue weighted by atomic mass is 10.0. The molecule has 0 amide bonds. The quantitative estimate of drug-likeness (QED) is 0.494. The normalized spacial score (nSPS) is 10.0. The third kappa shape index (κ3) is 3.29. The molecule has 0 saturated heterocycles. The van der Waals surface area contributed by atoms with E-state index in [1.807, 2.05) is 53.9 Å². The van der Waals surface area contributed by atoms with Crippen LogP contribution in [0.5, 0.6) is 0 Å². The molecule has 0 atom stereocenters. The minimum absolute atomic E-state index is 0.490. The number of hydrogen-bond acceptors (Lipinski definition) is 4. The molecule has 2 nitrogen and oxygen atoms in total. The van der Waals surface area contributed by atoms with Crippen LogP contribution in [0, 0.1) is 23.7 Å². The first-order valence-corrected chi connectivity index (χ1v) is 8.80. The van der Waals surface area contributed by atoms with Gasteiger partial charge in [0.2, 0.25) is 0 Å². The van der Waals surface area contributed by atoms with E-state index < -0.39 is 0 Å². The number of benzene rings is 1. The molecular weight excluding hydrogens is 320 g/mol. The number of terminal acetylenes is 1. The third-order valence-electron chi connectivity index (χ3n) is 3.25. The van der Waals surface area contributed by atoms with Crippen molar-refractivity contribution in [2.24, 2.45) is 0 Å². The smallest absolute Gasteiger partial charge is 0.116 e. The van der Waals surface area contributed by atoms with Gasteiger partial charge >= 0.3 is 0 Å². The van der Waals surface area contributed by atoms with Gasteiger partial charge in [0.25, 0.3) is 0 Å². The van der Waals surface area contributed by atoms with Crippen molar-refractivity contribution in [2.75, 3.05) is 5.75 Å². The van der Waals surface area contributed by atoms with E-state index in [1.165, 1.54) is 11.8 Å². The van der Waals surface area contributed by atoms with Crippen molar-refractivity contribution in [2.45, 2.75) is 5.03 Å². The highest BCUT2D eigenvalue weighted by Crippen LogP contribution is 2.35. The predicted octanol–water partition coefficient (Wildman–Crippen LogP) is 5.07. The van der Waals surface area contributed by atoms with Crippen LogP contribution in [0.4, 0.5) is 0 Å². The van der Waals surface area contributed by atoms with Crippen molar-refractivity contribution < 1.29 is 0 Å². The Balaban J connectivity index is 2.22. The third-order valence-corrected chi connectivity index (χ3v) is 5.02. The van der Waals surface area contributed by atoms with Crippen LogP contribution < -0.4 is 0 Å². The summed E-state index contributed by atoms with van der Waals surface area (Å²) in [5.74, 6) is 3.09. The molecule has 1 aromatic carbocycles. The molecule has 0 radical (unpaired) electrons. The lowest BCUT2D eigenvalue weighted by Crippen LogP contribution is -1.95. The standard InChI is InChI=1S/C19H12N2S2/c1-2-10-23-19-16(13-20)15(14-7-4-3-5-8-14)12-17(21-19)18-9-6-11-22-18/h1,3-9,11-12H,10H2. The molecule has 0 aliphatic carbocycles. The Kier molecular flexibility index (Phi) is 4.78. The highest BCUT2D eigenvalue weighted by atomic mass is 32.2. The fraction of sp³-hybridized carbons (Fsp3) is 0.0526. The van der Waals surface area contributed by atoms with Crippen molar-refractivity contribution in [1.82, 2.24) is 4.98 Å². The molecule has 0 spiro atoms. The van der Waals surface area contributed by atoms with Gasteiger partial charge in [0.1, 0.15) is 11.1 Å². The molecule has 3 aromatic rings. The lowest BCUT2D eigenvalue weighted by Gasteiger charge is -2.11. The Bertz CT molecular complexity index is 886. The highest BCUT2D eigenvalue weighted by Gasteiger charge is 2.15. The number of pyridine rings is 1. The molecule has 23 heavy (non-hydrogen) atoms. The van der Waals surface area contributed by atoms with Gasteiger partial charge in [0.15, 0.2) is 0 Å². The summed E-state index contributed by atoms with van der Waals surface area (Å²) in [6, 6.07) is 18.2. The Morgan fingerprint density at radius 2 is 2.00 bits per heavy atom. The highest BCUT2D eigenvalue weighted by molar-refractivity contribution is 7.99. The van der Waals surface area contributed by atoms with E-state index in [1.54, 1.807) is 11.3 Å². The predicted molar refractivity (Wildman–Crippen MR) is 97.3 cm³/mol. The van der Waals surface area contributed by atoms with Crippen LogP contribution in [-0.4, -0.2) is 10.7 Å². The maximum Gasteiger partial charge on any atom is 0.116 e. The molecule has 2 heterocycles. The summed E-state index contributed by atoms with van der Waals surface area (Å²) < 4.78 is 0. The first kappa shape index (κ1) is 15.4. The summed E-state index contributed by atoms with van der Waals surface area (Å²) in [5, 5.41) is 12.3. The van der Waals surface area contributed by atoms with E-state index in [0.29, 0.717) is 16.3 Å². The SMILES string of the molecule is C#CCSc1nc(-c2cccs2)cc(-c2ccccc2)c1C#N. The maximum atomic E-state index is 9.63. The molecule has 3 rings (SSSR count). The number of nitriles is 1. The molecule has 0 unspecified atom stereocenters. The number of hydrogen-bond donors (Lipinski definition) is 0. The maximum absolute atomic E-state index is 9.63. The van der Waals surface area contributed by atoms with Crippen LogP contribution >= 0.6 is 23.1 Å². The van der Waals surface area contributed by atoms with E-state index in [9.17, 15) is 5.26 Å². The fourth-order valence-corrected chi connectivity index (χ4v) is 3.61. The first-order valence-electron chi connectivity index (χ1n) is 6.94. The number of nitrogens with zero attached hydrogens (tertiary/aromatic N) is 2. The van der Waals surface area contributed by atoms with E-state index in [0.717, 1.165) is 21.7 Å². The molecular formula is C19H12N2S2. The number of aromatic nitrogens is 1. The monoisotopic (exact) mass is 332 g/mol. The zero-order chi connectivity index (χ0) is 16.1. The van der Waals surface area contributed by atoms with Gasteiger partial charge in [-0.05, 0) is 23.1 Å². The lowest BCUT2D eigenvalue weighted by molar-refractivity contribution is 1.12. The summed E-state index contributed by atoms with van der Waals surface area (Å²) in [6.07, 6.45) is 5.37. The number of rotatable bonds is 4. The van der Waals surface area contributed by atoms with Gasteiger partial charge in [-0.15, -0.1) is 17.8 Å². The van der Waals surface area contributed by atoms with Crippen molar-refractivity contribution >= 4 is 23.1 Å². The molecule has 0 N–H and O–H groups in total. The molecule has 0 saturated carbocycles. The summed E-state index contributed by atoms with van der Waals surface area (Å²) >= 11 is 3.06. The van der Waals surface area contributed by atoms with E-state index in [-0.39, 0.29) is 0 Å². The first-order chi connectivity index (χ1) is 11.3. The topological polar surface area (TPSA) is 36.7 Å². The van der Waals surface area contributed by atoms with Gasteiger partial charge in [-0.2, -0.15) is 5.26 Å². The van der Waals surface area contributed by atoms with E-state index in [4.69, 9.17) is 6.42 Å². The number of thiophene rings is 1. The van der Waals surface area contributed by atoms with Crippen LogP contribution in [0.3, 0.4) is 0 Å². The molecule has 4 heteroatoms. The summed E-state index contributed by atoms with van der Waals surface area (Å²) in [7, 11) is 0. The van der Waals surface area contributed by atoms with Crippen LogP contribution in [0.25, 0.3) is 21.7 Å². The average Bonchev–Trinajstić information content (AvgIpc) is 3.14. The Morgan fingerprint density at radius 3 is 2.65 bits per heavy atom. The molecule has 0 bridgehead atoms. The molecule has 0 fully saturated rings. The summed E-state index contributed by atoms with van der Waals surface area (Å²) in [4.78, 5) is 5.74. The second-order valence-corrected chi connectivity index (χ2v) is 6.59. The molecule has 110 valence electrons. The molecule has 0 aliphatic heterocycles. The van der Waals surface area contributed by atoms with Crippen molar-refractivity contribution in [1.29, 1.82) is 5.26 Å². The van der Waals surface area contributed by atoms with Crippen molar-refractivity contribution in [3.63, 3.8) is 0 Å². The van der Waals surface area contributed by atoms with Crippen LogP contribution in [-0.2, 0) is 0 Å². The second kappa shape index (κ2) is 7.15. The molecule has 0 aliphatic rings. The number of thioether (sulfide) groups is 1. The Morgan fingerprint density at radius 1 is 1.17 bits per heavy atom. The average molecular weight is 332 g/mol. The largest absolute Gasteiger partial charge is 0.239 e. The van der Waals surface area contributed by atoms with Crippen LogP contribution in [0.2, 0.25) is 0 Å². The zero-order valence-corrected chi connectivity index (χ0v) is 13.8. The van der Waals surface area contributed by atoms with Crippen molar-refractivity contribution in [3.05, 3.63) is 59.5 Å². The summed E-state index contributed by atoms with van der Waals surface area (Å²) in [6.45, 7) is 0. The van der Waals surface area contributed by atoms with Crippen LogP contribution in [0.1, 0.15) is 5.56 Å². The fourth-order valence-electron chi connectivity index (χ4n) is 2.24. The van der Waals surface area contributed by atoms with Gasteiger partial charge in [0, 0.05) is 5.56 Å². The minimum Gasteiger partial charge on any atom is -0.239 e.